The number of rotatable bonds is 19. The minimum absolute atomic E-state index is 0.180. The van der Waals surface area contributed by atoms with E-state index in [1.165, 1.54) is 7.11 Å². The lowest BCUT2D eigenvalue weighted by Gasteiger charge is -2.47. The van der Waals surface area contributed by atoms with Crippen molar-refractivity contribution in [1.82, 2.24) is 0 Å². The molecular formula is C55H54O13. The summed E-state index contributed by atoms with van der Waals surface area (Å²) < 4.78 is 64.5. The first kappa shape index (κ1) is 47.9. The third-order valence-corrected chi connectivity index (χ3v) is 11.6. The van der Waals surface area contributed by atoms with Gasteiger partial charge in [0.25, 0.3) is 0 Å². The average Bonchev–Trinajstić information content (AvgIpc) is 3.39. The molecule has 8 rings (SSSR count). The molecule has 2 aliphatic rings. The van der Waals surface area contributed by atoms with Crippen LogP contribution < -0.4 is 0 Å². The molecule has 68 heavy (non-hydrogen) atoms. The van der Waals surface area contributed by atoms with Crippen molar-refractivity contribution in [1.29, 1.82) is 0 Å². The van der Waals surface area contributed by atoms with E-state index >= 15 is 0 Å². The van der Waals surface area contributed by atoms with Crippen molar-refractivity contribution in [3.05, 3.63) is 215 Å². The number of carbonyl (C=O) groups excluding carboxylic acids is 3. The molecule has 10 atom stereocenters. The third-order valence-electron chi connectivity index (χ3n) is 11.6. The third kappa shape index (κ3) is 12.5. The van der Waals surface area contributed by atoms with E-state index in [-0.39, 0.29) is 43.1 Å². The Morgan fingerprint density at radius 1 is 0.397 bits per heavy atom. The summed E-state index contributed by atoms with van der Waals surface area (Å²) in [5, 5.41) is 0. The van der Waals surface area contributed by atoms with Crippen molar-refractivity contribution in [3.8, 4) is 0 Å². The molecule has 13 heteroatoms. The highest BCUT2D eigenvalue weighted by atomic mass is 16.8. The van der Waals surface area contributed by atoms with Crippen LogP contribution in [0.1, 0.15) is 54.7 Å². The minimum atomic E-state index is -1.49. The molecular weight excluding hydrogens is 869 g/mol. The number of esters is 3. The zero-order valence-electron chi connectivity index (χ0n) is 37.7. The van der Waals surface area contributed by atoms with Crippen LogP contribution in [0.5, 0.6) is 0 Å². The van der Waals surface area contributed by atoms with Gasteiger partial charge in [-0.2, -0.15) is 0 Å². The number of ether oxygens (including phenoxy) is 10. The zero-order valence-corrected chi connectivity index (χ0v) is 37.7. The van der Waals surface area contributed by atoms with Crippen molar-refractivity contribution < 1.29 is 61.8 Å². The van der Waals surface area contributed by atoms with Gasteiger partial charge in [0, 0.05) is 7.11 Å². The number of carbonyl (C=O) groups is 3. The summed E-state index contributed by atoms with van der Waals surface area (Å²) >= 11 is 0. The topological polar surface area (TPSA) is 144 Å². The number of hydrogen-bond acceptors (Lipinski definition) is 13. The normalized spacial score (nSPS) is 24.6. The molecule has 6 aromatic carbocycles. The zero-order chi connectivity index (χ0) is 47.1. The summed E-state index contributed by atoms with van der Waals surface area (Å²) in [5.74, 6) is -2.22. The Morgan fingerprint density at radius 3 is 1.19 bits per heavy atom. The summed E-state index contributed by atoms with van der Waals surface area (Å²) in [6, 6.07) is 54.2. The fourth-order valence-corrected chi connectivity index (χ4v) is 8.09. The largest absolute Gasteiger partial charge is 0.452 e. The highest BCUT2D eigenvalue weighted by molar-refractivity contribution is 5.91. The van der Waals surface area contributed by atoms with E-state index in [1.54, 1.807) is 97.9 Å². The Bertz CT molecular complexity index is 2460. The molecule has 6 aromatic rings. The molecule has 2 heterocycles. The van der Waals surface area contributed by atoms with Crippen molar-refractivity contribution in [2.75, 3.05) is 13.7 Å². The summed E-state index contributed by atoms with van der Waals surface area (Å²) in [6.45, 7) is 2.04. The number of benzene rings is 6. The molecule has 0 unspecified atom stereocenters. The van der Waals surface area contributed by atoms with Gasteiger partial charge in [0.15, 0.2) is 30.9 Å². The SMILES string of the molecule is CO[C@H]1O[C@H](CO[C@@H]2O[C@H](C)[C@@H](OC(=O)c3ccccc3)[C@H](OC(=O)c3ccccc3)[C@H]2OC(=O)c2ccccc2)[C@@H](OCc2ccccc2)[C@H](OCc2ccccc2)[C@H]1OCc1ccccc1. The van der Waals surface area contributed by atoms with E-state index in [2.05, 4.69) is 0 Å². The van der Waals surface area contributed by atoms with Crippen LogP contribution in [0.2, 0.25) is 0 Å². The first-order valence-electron chi connectivity index (χ1n) is 22.5. The van der Waals surface area contributed by atoms with Crippen LogP contribution in [-0.4, -0.2) is 93.0 Å². The predicted molar refractivity (Wildman–Crippen MR) is 248 cm³/mol. The molecule has 0 bridgehead atoms. The fraction of sp³-hybridized carbons (Fsp3) is 0.291. The van der Waals surface area contributed by atoms with Crippen LogP contribution >= 0.6 is 0 Å². The van der Waals surface area contributed by atoms with E-state index in [4.69, 9.17) is 47.4 Å². The van der Waals surface area contributed by atoms with Gasteiger partial charge in [-0.1, -0.05) is 146 Å². The Labute approximate surface area is 395 Å². The molecule has 0 saturated carbocycles. The average molecular weight is 923 g/mol. The van der Waals surface area contributed by atoms with Gasteiger partial charge in [-0.15, -0.1) is 0 Å². The summed E-state index contributed by atoms with van der Waals surface area (Å²) in [4.78, 5) is 41.6. The highest BCUT2D eigenvalue weighted by Crippen LogP contribution is 2.35. The fourth-order valence-electron chi connectivity index (χ4n) is 8.09. The van der Waals surface area contributed by atoms with Gasteiger partial charge in [-0.3, -0.25) is 0 Å². The molecule has 2 saturated heterocycles. The van der Waals surface area contributed by atoms with Crippen LogP contribution in [-0.2, 0) is 67.2 Å². The van der Waals surface area contributed by atoms with E-state index in [0.717, 1.165) is 16.7 Å². The maximum Gasteiger partial charge on any atom is 0.338 e. The quantitative estimate of drug-likeness (QED) is 0.0566. The van der Waals surface area contributed by atoms with Crippen molar-refractivity contribution in [2.24, 2.45) is 0 Å². The molecule has 0 radical (unpaired) electrons. The maximum absolute atomic E-state index is 14.0. The Hall–Kier alpha value is -6.55. The van der Waals surface area contributed by atoms with Gasteiger partial charge in [-0.05, 0) is 60.0 Å². The number of hydrogen-bond donors (Lipinski definition) is 0. The standard InChI is InChI=1S/C55H54O13/c1-37-45(66-51(56)41-27-15-6-16-28-41)48(67-52(57)42-29-17-7-18-30-42)50(68-53(58)43-31-19-8-20-32-43)55(64-37)63-36-44-46(60-33-38-21-9-3-10-22-38)47(61-34-39-23-11-4-12-24-39)49(54(59-2)65-44)62-35-40-25-13-5-14-26-40/h3-32,37,44-50,54-55H,33-36H2,1-2H3/t37-,44-,45-,46-,47+,48+,49-,50-,54+,55-/m1/s1. The monoisotopic (exact) mass is 922 g/mol. The van der Waals surface area contributed by atoms with E-state index in [1.807, 2.05) is 91.0 Å². The lowest BCUT2D eigenvalue weighted by molar-refractivity contribution is -0.338. The second-order valence-electron chi connectivity index (χ2n) is 16.3. The first-order valence-corrected chi connectivity index (χ1v) is 22.5. The van der Waals surface area contributed by atoms with Gasteiger partial charge in [0.2, 0.25) is 0 Å². The van der Waals surface area contributed by atoms with Crippen molar-refractivity contribution >= 4 is 17.9 Å². The first-order chi connectivity index (χ1) is 33.3. The molecule has 0 aromatic heterocycles. The Balaban J connectivity index is 1.13. The van der Waals surface area contributed by atoms with Gasteiger partial charge >= 0.3 is 17.9 Å². The van der Waals surface area contributed by atoms with Crippen LogP contribution in [0.3, 0.4) is 0 Å². The molecule has 0 N–H and O–H groups in total. The van der Waals surface area contributed by atoms with Gasteiger partial charge < -0.3 is 47.4 Å². The van der Waals surface area contributed by atoms with Gasteiger partial charge in [0.1, 0.15) is 24.4 Å². The smallest absolute Gasteiger partial charge is 0.338 e. The molecule has 2 aliphatic heterocycles. The highest BCUT2D eigenvalue weighted by Gasteiger charge is 2.54. The Kier molecular flexibility index (Phi) is 16.9. The summed E-state index contributed by atoms with van der Waals surface area (Å²) in [5.41, 5.74) is 3.45. The van der Waals surface area contributed by atoms with Gasteiger partial charge in [-0.25, -0.2) is 14.4 Å². The lowest BCUT2D eigenvalue weighted by Crippen LogP contribution is -2.63. The summed E-state index contributed by atoms with van der Waals surface area (Å²) in [7, 11) is 1.52. The molecule has 13 nitrogen and oxygen atoms in total. The van der Waals surface area contributed by atoms with E-state index in [9.17, 15) is 14.4 Å². The molecule has 2 fully saturated rings. The van der Waals surface area contributed by atoms with Crippen molar-refractivity contribution in [3.63, 3.8) is 0 Å². The van der Waals surface area contributed by atoms with Crippen LogP contribution in [0.25, 0.3) is 0 Å². The van der Waals surface area contributed by atoms with Crippen LogP contribution in [0, 0.1) is 0 Å². The van der Waals surface area contributed by atoms with Crippen LogP contribution in [0.4, 0.5) is 0 Å². The second kappa shape index (κ2) is 23.9. The molecule has 352 valence electrons. The van der Waals surface area contributed by atoms with Gasteiger partial charge in [0.05, 0.1) is 49.2 Å². The maximum atomic E-state index is 14.0. The van der Waals surface area contributed by atoms with E-state index in [0.29, 0.717) is 0 Å². The minimum Gasteiger partial charge on any atom is -0.452 e. The predicted octanol–water partition coefficient (Wildman–Crippen LogP) is 8.55. The second-order valence-corrected chi connectivity index (χ2v) is 16.3. The Morgan fingerprint density at radius 2 is 0.765 bits per heavy atom. The molecule has 0 aliphatic carbocycles. The van der Waals surface area contributed by atoms with Crippen molar-refractivity contribution in [2.45, 2.75) is 88.2 Å². The van der Waals surface area contributed by atoms with E-state index < -0.39 is 79.3 Å². The molecule has 0 amide bonds. The number of methoxy groups -OCH3 is 1. The van der Waals surface area contributed by atoms with Crippen LogP contribution in [0.15, 0.2) is 182 Å². The summed E-state index contributed by atoms with van der Waals surface area (Å²) in [6.07, 6.45) is -10.9. The lowest BCUT2D eigenvalue weighted by atomic mass is 9.97. The molecule has 0 spiro atoms.